The molecule has 6 heteroatoms. The predicted octanol–water partition coefficient (Wildman–Crippen LogP) is 3.32. The number of urea groups is 1. The van der Waals surface area contributed by atoms with E-state index in [9.17, 15) is 9.59 Å². The van der Waals surface area contributed by atoms with Crippen LogP contribution in [0.2, 0.25) is 0 Å². The van der Waals surface area contributed by atoms with Crippen molar-refractivity contribution in [2.45, 2.75) is 42.2 Å². The highest BCUT2D eigenvalue weighted by Crippen LogP contribution is 2.37. The van der Waals surface area contributed by atoms with E-state index in [4.69, 9.17) is 5.11 Å². The maximum Gasteiger partial charge on any atom is 0.319 e. The van der Waals surface area contributed by atoms with E-state index in [0.29, 0.717) is 5.25 Å². The number of hydrogen-bond acceptors (Lipinski definition) is 3. The molecule has 1 aliphatic rings. The van der Waals surface area contributed by atoms with Gasteiger partial charge < -0.3 is 15.7 Å². The minimum absolute atomic E-state index is 0.0775. The molecule has 2 rings (SSSR count). The van der Waals surface area contributed by atoms with E-state index in [1.165, 1.54) is 25.7 Å². The van der Waals surface area contributed by atoms with Crippen molar-refractivity contribution < 1.29 is 14.7 Å². The van der Waals surface area contributed by atoms with Crippen LogP contribution in [0.4, 0.5) is 10.5 Å². The Labute approximate surface area is 128 Å². The van der Waals surface area contributed by atoms with Gasteiger partial charge in [-0.05, 0) is 25.0 Å². The lowest BCUT2D eigenvalue weighted by Gasteiger charge is -2.14. The van der Waals surface area contributed by atoms with Crippen LogP contribution in [0.15, 0.2) is 29.2 Å². The smallest absolute Gasteiger partial charge is 0.319 e. The summed E-state index contributed by atoms with van der Waals surface area (Å²) in [4.78, 5) is 23.2. The molecule has 1 aromatic carbocycles. The zero-order valence-electron chi connectivity index (χ0n) is 11.8. The maximum atomic E-state index is 11.8. The first-order chi connectivity index (χ1) is 10.1. The van der Waals surface area contributed by atoms with E-state index in [0.717, 1.165) is 10.6 Å². The Morgan fingerprint density at radius 1 is 1.24 bits per heavy atom. The molecule has 0 unspecified atom stereocenters. The summed E-state index contributed by atoms with van der Waals surface area (Å²) in [5.74, 6) is -0.924. The molecule has 0 spiro atoms. The molecule has 0 atom stereocenters. The van der Waals surface area contributed by atoms with Gasteiger partial charge in [0.2, 0.25) is 0 Å². The average molecular weight is 308 g/mol. The molecule has 1 fully saturated rings. The Bertz CT molecular complexity index is 501. The van der Waals surface area contributed by atoms with E-state index in [1.807, 2.05) is 36.0 Å². The summed E-state index contributed by atoms with van der Waals surface area (Å²) in [7, 11) is 0. The highest BCUT2D eigenvalue weighted by Gasteiger charge is 2.18. The fraction of sp³-hybridized carbons (Fsp3) is 0.467. The van der Waals surface area contributed by atoms with Gasteiger partial charge in [0.1, 0.15) is 0 Å². The van der Waals surface area contributed by atoms with Gasteiger partial charge in [0.15, 0.2) is 0 Å². The quantitative estimate of drug-likeness (QED) is 0.753. The fourth-order valence-electron chi connectivity index (χ4n) is 2.31. The molecule has 2 amide bonds. The number of thioether (sulfide) groups is 1. The summed E-state index contributed by atoms with van der Waals surface area (Å²) in [5, 5.41) is 14.5. The van der Waals surface area contributed by atoms with Gasteiger partial charge in [0, 0.05) is 16.7 Å². The van der Waals surface area contributed by atoms with Crippen molar-refractivity contribution in [3.05, 3.63) is 24.3 Å². The first-order valence-corrected chi connectivity index (χ1v) is 8.05. The van der Waals surface area contributed by atoms with E-state index < -0.39 is 5.97 Å². The number of anilines is 1. The van der Waals surface area contributed by atoms with E-state index in [-0.39, 0.29) is 19.0 Å². The van der Waals surface area contributed by atoms with Gasteiger partial charge in [0.05, 0.1) is 12.1 Å². The van der Waals surface area contributed by atoms with E-state index in [1.54, 1.807) is 0 Å². The number of hydrogen-bond donors (Lipinski definition) is 3. The molecule has 0 radical (unpaired) electrons. The lowest BCUT2D eigenvalue weighted by Crippen LogP contribution is -2.30. The third-order valence-electron chi connectivity index (χ3n) is 3.36. The van der Waals surface area contributed by atoms with Crippen LogP contribution >= 0.6 is 11.8 Å². The second-order valence-corrected chi connectivity index (χ2v) is 6.39. The minimum atomic E-state index is -0.924. The van der Waals surface area contributed by atoms with E-state index in [2.05, 4.69) is 10.6 Å². The van der Waals surface area contributed by atoms with Crippen molar-refractivity contribution in [2.75, 3.05) is 11.9 Å². The molecule has 5 nitrogen and oxygen atoms in total. The second-order valence-electron chi connectivity index (χ2n) is 5.05. The molecule has 0 heterocycles. The van der Waals surface area contributed by atoms with Crippen LogP contribution in [0.5, 0.6) is 0 Å². The van der Waals surface area contributed by atoms with Gasteiger partial charge >= 0.3 is 12.0 Å². The Morgan fingerprint density at radius 2 is 1.95 bits per heavy atom. The Hall–Kier alpha value is -1.69. The van der Waals surface area contributed by atoms with Gasteiger partial charge in [0.25, 0.3) is 0 Å². The Kier molecular flexibility index (Phi) is 5.92. The number of aliphatic carboxylic acids is 1. The first-order valence-electron chi connectivity index (χ1n) is 7.17. The van der Waals surface area contributed by atoms with Gasteiger partial charge in [-0.1, -0.05) is 25.0 Å². The number of amides is 2. The molecule has 114 valence electrons. The Morgan fingerprint density at radius 3 is 2.67 bits per heavy atom. The molecule has 0 saturated heterocycles. The van der Waals surface area contributed by atoms with Crippen molar-refractivity contribution in [1.82, 2.24) is 5.32 Å². The van der Waals surface area contributed by atoms with Gasteiger partial charge in [-0.15, -0.1) is 11.8 Å². The third-order valence-corrected chi connectivity index (χ3v) is 4.77. The molecule has 3 N–H and O–H groups in total. The van der Waals surface area contributed by atoms with Gasteiger partial charge in [-0.3, -0.25) is 4.79 Å². The predicted molar refractivity (Wildman–Crippen MR) is 83.8 cm³/mol. The first kappa shape index (κ1) is 15.7. The van der Waals surface area contributed by atoms with Crippen LogP contribution < -0.4 is 10.6 Å². The monoisotopic (exact) mass is 308 g/mol. The molecule has 21 heavy (non-hydrogen) atoms. The number of benzene rings is 1. The normalized spacial score (nSPS) is 14.9. The Balaban J connectivity index is 1.89. The molecule has 0 aliphatic heterocycles. The molecule has 1 saturated carbocycles. The highest BCUT2D eigenvalue weighted by atomic mass is 32.2. The molecular weight excluding hydrogens is 288 g/mol. The van der Waals surface area contributed by atoms with Crippen molar-refractivity contribution >= 4 is 29.4 Å². The number of nitrogens with one attached hydrogen (secondary N) is 2. The minimum Gasteiger partial charge on any atom is -0.481 e. The zero-order valence-corrected chi connectivity index (χ0v) is 12.6. The summed E-state index contributed by atoms with van der Waals surface area (Å²) < 4.78 is 0. The summed E-state index contributed by atoms with van der Waals surface area (Å²) in [6.07, 6.45) is 4.94. The van der Waals surface area contributed by atoms with Crippen LogP contribution in [-0.2, 0) is 4.79 Å². The van der Waals surface area contributed by atoms with Crippen molar-refractivity contribution in [2.24, 2.45) is 0 Å². The van der Waals surface area contributed by atoms with E-state index >= 15 is 0 Å². The standard InChI is InChI=1S/C15H20N2O3S/c18-14(19)9-10-16-15(20)17-12-7-3-4-8-13(12)21-11-5-1-2-6-11/h3-4,7-8,11H,1-2,5-6,9-10H2,(H,18,19)(H2,16,17,20). The van der Waals surface area contributed by atoms with Gasteiger partial charge in [-0.2, -0.15) is 0 Å². The summed E-state index contributed by atoms with van der Waals surface area (Å²) in [5.41, 5.74) is 0.780. The highest BCUT2D eigenvalue weighted by molar-refractivity contribution is 8.00. The molecular formula is C15H20N2O3S. The number of rotatable bonds is 6. The van der Waals surface area contributed by atoms with Crippen molar-refractivity contribution in [3.63, 3.8) is 0 Å². The number of carbonyl (C=O) groups is 2. The maximum absolute atomic E-state index is 11.8. The molecule has 0 bridgehead atoms. The van der Waals surface area contributed by atoms with Crippen LogP contribution in [0.25, 0.3) is 0 Å². The molecule has 1 aliphatic carbocycles. The van der Waals surface area contributed by atoms with Crippen molar-refractivity contribution in [3.8, 4) is 0 Å². The lowest BCUT2D eigenvalue weighted by molar-refractivity contribution is -0.136. The lowest BCUT2D eigenvalue weighted by atomic mass is 10.3. The van der Waals surface area contributed by atoms with Crippen molar-refractivity contribution in [1.29, 1.82) is 0 Å². The number of carboxylic acids is 1. The largest absolute Gasteiger partial charge is 0.481 e. The summed E-state index contributed by atoms with van der Waals surface area (Å²) in [6.45, 7) is 0.124. The van der Waals surface area contributed by atoms with Crippen LogP contribution in [-0.4, -0.2) is 28.9 Å². The van der Waals surface area contributed by atoms with Crippen LogP contribution in [0.3, 0.4) is 0 Å². The molecule has 1 aromatic rings. The zero-order chi connectivity index (χ0) is 15.1. The second kappa shape index (κ2) is 7.93. The number of para-hydroxylation sites is 1. The van der Waals surface area contributed by atoms with Crippen LogP contribution in [0, 0.1) is 0 Å². The average Bonchev–Trinajstić information content (AvgIpc) is 2.93. The SMILES string of the molecule is O=C(O)CCNC(=O)Nc1ccccc1SC1CCCC1. The fourth-order valence-corrected chi connectivity index (χ4v) is 3.64. The topological polar surface area (TPSA) is 78.4 Å². The number of carbonyl (C=O) groups excluding carboxylic acids is 1. The summed E-state index contributed by atoms with van der Waals surface area (Å²) in [6, 6.07) is 7.36. The third kappa shape index (κ3) is 5.30. The van der Waals surface area contributed by atoms with Crippen LogP contribution in [0.1, 0.15) is 32.1 Å². The molecule has 0 aromatic heterocycles. The van der Waals surface area contributed by atoms with Gasteiger partial charge in [-0.25, -0.2) is 4.79 Å². The number of carboxylic acid groups (broad SMARTS) is 1. The summed E-state index contributed by atoms with van der Waals surface area (Å²) >= 11 is 1.81.